The molecular formula is C20H22ClN5O2. The van der Waals surface area contributed by atoms with Crippen LogP contribution in [-0.4, -0.2) is 39.8 Å². The van der Waals surface area contributed by atoms with Gasteiger partial charge in [-0.05, 0) is 46.2 Å². The van der Waals surface area contributed by atoms with Gasteiger partial charge in [0.25, 0.3) is 0 Å². The Morgan fingerprint density at radius 2 is 2.00 bits per heavy atom. The minimum absolute atomic E-state index is 0.0251. The monoisotopic (exact) mass is 399 g/mol. The number of ether oxygens (including phenoxy) is 1. The highest BCUT2D eigenvalue weighted by atomic mass is 35.5. The molecule has 0 aliphatic heterocycles. The van der Waals surface area contributed by atoms with Crippen molar-refractivity contribution < 1.29 is 9.53 Å². The fourth-order valence-electron chi connectivity index (χ4n) is 3.05. The molecule has 3 rings (SSSR count). The molecule has 0 saturated heterocycles. The Balaban J connectivity index is 1.59. The summed E-state index contributed by atoms with van der Waals surface area (Å²) in [6, 6.07) is 15.3. The molecule has 8 heteroatoms. The van der Waals surface area contributed by atoms with Crippen molar-refractivity contribution in [3.63, 3.8) is 0 Å². The number of halogens is 1. The predicted molar refractivity (Wildman–Crippen MR) is 106 cm³/mol. The number of carbonyl (C=O) groups excluding carboxylic acids is 1. The molecule has 28 heavy (non-hydrogen) atoms. The number of methoxy groups -OCH3 is 1. The van der Waals surface area contributed by atoms with Crippen LogP contribution in [-0.2, 0) is 17.8 Å². The quantitative estimate of drug-likeness (QED) is 0.598. The van der Waals surface area contributed by atoms with Gasteiger partial charge in [0.05, 0.1) is 13.7 Å². The van der Waals surface area contributed by atoms with E-state index in [1.54, 1.807) is 18.1 Å². The molecule has 0 fully saturated rings. The van der Waals surface area contributed by atoms with Gasteiger partial charge in [0, 0.05) is 23.9 Å². The van der Waals surface area contributed by atoms with Gasteiger partial charge in [-0.1, -0.05) is 41.9 Å². The highest BCUT2D eigenvalue weighted by Gasteiger charge is 2.17. The first-order valence-corrected chi connectivity index (χ1v) is 9.38. The van der Waals surface area contributed by atoms with Gasteiger partial charge in [0.15, 0.2) is 0 Å². The van der Waals surface area contributed by atoms with E-state index in [0.29, 0.717) is 31.0 Å². The molecule has 0 spiro atoms. The molecule has 1 amide bonds. The van der Waals surface area contributed by atoms with Crippen LogP contribution in [0.5, 0.6) is 5.75 Å². The third-order valence-electron chi connectivity index (χ3n) is 4.48. The van der Waals surface area contributed by atoms with E-state index in [4.69, 9.17) is 16.3 Å². The maximum atomic E-state index is 12.5. The van der Waals surface area contributed by atoms with Crippen molar-refractivity contribution in [2.45, 2.75) is 25.3 Å². The molecule has 0 bridgehead atoms. The molecule has 0 aliphatic rings. The van der Waals surface area contributed by atoms with Gasteiger partial charge < -0.3 is 10.1 Å². The number of nitrogens with one attached hydrogen (secondary N) is 1. The second-order valence-electron chi connectivity index (χ2n) is 6.40. The zero-order valence-electron chi connectivity index (χ0n) is 15.6. The van der Waals surface area contributed by atoms with Crippen molar-refractivity contribution >= 4 is 17.5 Å². The van der Waals surface area contributed by atoms with Gasteiger partial charge >= 0.3 is 0 Å². The minimum atomic E-state index is -0.0629. The number of carbonyl (C=O) groups is 1. The summed E-state index contributed by atoms with van der Waals surface area (Å²) in [5.41, 5.74) is 2.08. The van der Waals surface area contributed by atoms with E-state index in [2.05, 4.69) is 20.8 Å². The second-order valence-corrected chi connectivity index (χ2v) is 6.83. The Bertz CT molecular complexity index is 884. The number of benzene rings is 2. The highest BCUT2D eigenvalue weighted by Crippen LogP contribution is 2.23. The van der Waals surface area contributed by atoms with Crippen LogP contribution in [0.15, 0.2) is 54.9 Å². The number of hydrogen-bond donors (Lipinski definition) is 1. The maximum absolute atomic E-state index is 12.5. The molecule has 0 radical (unpaired) electrons. The van der Waals surface area contributed by atoms with E-state index in [0.717, 1.165) is 16.9 Å². The third kappa shape index (κ3) is 5.53. The predicted octanol–water partition coefficient (Wildman–Crippen LogP) is 2.87. The van der Waals surface area contributed by atoms with Crippen molar-refractivity contribution in [3.8, 4) is 5.75 Å². The molecule has 2 aromatic carbocycles. The van der Waals surface area contributed by atoms with E-state index in [1.807, 2.05) is 48.5 Å². The van der Waals surface area contributed by atoms with Crippen molar-refractivity contribution in [2.24, 2.45) is 0 Å². The number of rotatable bonds is 9. The maximum Gasteiger partial charge on any atom is 0.220 e. The van der Waals surface area contributed by atoms with E-state index in [-0.39, 0.29) is 11.8 Å². The molecule has 1 aromatic heterocycles. The fraction of sp³-hybridized carbons (Fsp3) is 0.300. The van der Waals surface area contributed by atoms with Gasteiger partial charge in [-0.25, -0.2) is 4.68 Å². The average Bonchev–Trinajstić information content (AvgIpc) is 3.21. The first-order valence-electron chi connectivity index (χ1n) is 9.00. The molecule has 7 nitrogen and oxygen atoms in total. The highest BCUT2D eigenvalue weighted by molar-refractivity contribution is 6.30. The van der Waals surface area contributed by atoms with Crippen LogP contribution in [0.3, 0.4) is 0 Å². The third-order valence-corrected chi connectivity index (χ3v) is 4.73. The van der Waals surface area contributed by atoms with Crippen LogP contribution in [0.4, 0.5) is 0 Å². The Morgan fingerprint density at radius 3 is 2.71 bits per heavy atom. The zero-order valence-corrected chi connectivity index (χ0v) is 16.3. The lowest BCUT2D eigenvalue weighted by Gasteiger charge is -2.17. The van der Waals surface area contributed by atoms with Crippen molar-refractivity contribution in [2.75, 3.05) is 13.7 Å². The van der Waals surface area contributed by atoms with Crippen LogP contribution in [0, 0.1) is 0 Å². The van der Waals surface area contributed by atoms with Crippen LogP contribution < -0.4 is 10.1 Å². The summed E-state index contributed by atoms with van der Waals surface area (Å²) >= 11 is 5.99. The number of tetrazole rings is 1. The summed E-state index contributed by atoms with van der Waals surface area (Å²) in [7, 11) is 1.65. The summed E-state index contributed by atoms with van der Waals surface area (Å²) in [5, 5.41) is 14.9. The van der Waals surface area contributed by atoms with Crippen LogP contribution in [0.2, 0.25) is 5.02 Å². The summed E-state index contributed by atoms with van der Waals surface area (Å²) in [6.45, 7) is 1.05. The number of hydrogen-bond acceptors (Lipinski definition) is 5. The standard InChI is InChI=1S/C20H22ClN5O2/c1-28-19-5-3-2-4-16(19)10-11-22-20(27)12-17(13-26-14-23-24-25-26)15-6-8-18(21)9-7-15/h2-9,14,17H,10-13H2,1H3,(H,22,27)/t17-/m1/s1. The SMILES string of the molecule is COc1ccccc1CCNC(=O)C[C@H](Cn1cnnn1)c1ccc(Cl)cc1. The number of aromatic nitrogens is 4. The number of amides is 1. The van der Waals surface area contributed by atoms with Gasteiger partial charge in [-0.2, -0.15) is 0 Å². The number of para-hydroxylation sites is 1. The lowest BCUT2D eigenvalue weighted by atomic mass is 9.95. The summed E-state index contributed by atoms with van der Waals surface area (Å²) in [4.78, 5) is 12.5. The molecule has 1 atom stereocenters. The smallest absolute Gasteiger partial charge is 0.220 e. The average molecular weight is 400 g/mol. The van der Waals surface area contributed by atoms with Crippen LogP contribution >= 0.6 is 11.6 Å². The Hall–Kier alpha value is -2.93. The van der Waals surface area contributed by atoms with Gasteiger partial charge in [-0.15, -0.1) is 5.10 Å². The van der Waals surface area contributed by atoms with Crippen LogP contribution in [0.1, 0.15) is 23.5 Å². The van der Waals surface area contributed by atoms with E-state index >= 15 is 0 Å². The Kier molecular flexibility index (Phi) is 6.97. The van der Waals surface area contributed by atoms with Crippen molar-refractivity contribution in [3.05, 3.63) is 71.0 Å². The summed E-state index contributed by atoms with van der Waals surface area (Å²) in [6.07, 6.45) is 2.57. The lowest BCUT2D eigenvalue weighted by Crippen LogP contribution is -2.28. The largest absolute Gasteiger partial charge is 0.496 e. The topological polar surface area (TPSA) is 81.9 Å². The molecule has 146 valence electrons. The minimum Gasteiger partial charge on any atom is -0.496 e. The van der Waals surface area contributed by atoms with Gasteiger partial charge in [0.2, 0.25) is 5.91 Å². The van der Waals surface area contributed by atoms with Crippen molar-refractivity contribution in [1.29, 1.82) is 0 Å². The molecular weight excluding hydrogens is 378 g/mol. The van der Waals surface area contributed by atoms with Gasteiger partial charge in [-0.3, -0.25) is 4.79 Å². The first-order chi connectivity index (χ1) is 13.7. The lowest BCUT2D eigenvalue weighted by molar-refractivity contribution is -0.121. The molecule has 0 unspecified atom stereocenters. The second kappa shape index (κ2) is 9.85. The molecule has 1 N–H and O–H groups in total. The van der Waals surface area contributed by atoms with Crippen molar-refractivity contribution in [1.82, 2.24) is 25.5 Å². The molecule has 3 aromatic rings. The summed E-state index contributed by atoms with van der Waals surface area (Å²) < 4.78 is 6.97. The molecule has 0 aliphatic carbocycles. The van der Waals surface area contributed by atoms with Crippen LogP contribution in [0.25, 0.3) is 0 Å². The summed E-state index contributed by atoms with van der Waals surface area (Å²) in [5.74, 6) is 0.740. The molecule has 0 saturated carbocycles. The first kappa shape index (κ1) is 19.8. The van der Waals surface area contributed by atoms with E-state index in [9.17, 15) is 4.79 Å². The molecule has 1 heterocycles. The van der Waals surface area contributed by atoms with E-state index in [1.165, 1.54) is 0 Å². The normalized spacial score (nSPS) is 11.8. The van der Waals surface area contributed by atoms with E-state index < -0.39 is 0 Å². The number of nitrogens with zero attached hydrogens (tertiary/aromatic N) is 4. The Morgan fingerprint density at radius 1 is 1.21 bits per heavy atom. The zero-order chi connectivity index (χ0) is 19.8. The Labute approximate surface area is 168 Å². The van der Waals surface area contributed by atoms with Gasteiger partial charge in [0.1, 0.15) is 12.1 Å². The fourth-order valence-corrected chi connectivity index (χ4v) is 3.18.